The zero-order chi connectivity index (χ0) is 17.4. The van der Waals surface area contributed by atoms with Crippen molar-refractivity contribution in [3.8, 4) is 0 Å². The van der Waals surface area contributed by atoms with E-state index in [1.807, 2.05) is 12.1 Å². The summed E-state index contributed by atoms with van der Waals surface area (Å²) in [4.78, 5) is 6.75. The van der Waals surface area contributed by atoms with E-state index in [4.69, 9.17) is 27.9 Å². The van der Waals surface area contributed by atoms with Crippen molar-refractivity contribution in [2.45, 2.75) is 25.4 Å². The van der Waals surface area contributed by atoms with Gasteiger partial charge in [0.25, 0.3) is 0 Å². The number of hydrogen-bond acceptors (Lipinski definition) is 3. The highest BCUT2D eigenvalue weighted by atomic mass is 127. The van der Waals surface area contributed by atoms with Gasteiger partial charge in [0.2, 0.25) is 0 Å². The summed E-state index contributed by atoms with van der Waals surface area (Å²) in [6.45, 7) is 4.38. The first-order valence-corrected chi connectivity index (χ1v) is 9.01. The lowest BCUT2D eigenvalue weighted by molar-refractivity contribution is 0.141. The Bertz CT molecular complexity index is 559. The first-order valence-electron chi connectivity index (χ1n) is 8.25. The van der Waals surface area contributed by atoms with E-state index in [0.717, 1.165) is 37.8 Å². The number of methoxy groups -OCH3 is 1. The van der Waals surface area contributed by atoms with E-state index in [1.54, 1.807) is 20.2 Å². The minimum atomic E-state index is 0. The molecule has 0 saturated carbocycles. The van der Waals surface area contributed by atoms with Crippen molar-refractivity contribution in [2.75, 3.05) is 40.4 Å². The minimum absolute atomic E-state index is 0. The molecule has 2 N–H and O–H groups in total. The smallest absolute Gasteiger partial charge is 0.191 e. The summed E-state index contributed by atoms with van der Waals surface area (Å²) in [5, 5.41) is 8.00. The van der Waals surface area contributed by atoms with E-state index in [-0.39, 0.29) is 24.0 Å². The molecule has 1 aromatic carbocycles. The van der Waals surface area contributed by atoms with Crippen molar-refractivity contribution in [3.63, 3.8) is 0 Å². The maximum absolute atomic E-state index is 6.20. The highest BCUT2D eigenvalue weighted by Gasteiger charge is 2.23. The summed E-state index contributed by atoms with van der Waals surface area (Å²) in [6, 6.07) is 6.04. The zero-order valence-corrected chi connectivity index (χ0v) is 18.6. The van der Waals surface area contributed by atoms with E-state index in [1.165, 1.54) is 12.8 Å². The quantitative estimate of drug-likeness (QED) is 0.342. The van der Waals surface area contributed by atoms with Crippen LogP contribution in [0.5, 0.6) is 0 Å². The van der Waals surface area contributed by atoms with Gasteiger partial charge in [-0.15, -0.1) is 24.0 Å². The van der Waals surface area contributed by atoms with E-state index < -0.39 is 0 Å². The molecular weight excluding hydrogens is 474 g/mol. The lowest BCUT2D eigenvalue weighted by atomic mass is 10.2. The molecule has 1 unspecified atom stereocenters. The molecule has 1 aliphatic heterocycles. The first kappa shape index (κ1) is 22.8. The van der Waals surface area contributed by atoms with Crippen LogP contribution in [0.1, 0.15) is 18.4 Å². The minimum Gasteiger partial charge on any atom is -0.383 e. The Morgan fingerprint density at radius 1 is 1.36 bits per heavy atom. The number of nitrogens with one attached hydrogen (secondary N) is 2. The second-order valence-corrected chi connectivity index (χ2v) is 6.71. The van der Waals surface area contributed by atoms with Crippen molar-refractivity contribution in [2.24, 2.45) is 4.99 Å². The van der Waals surface area contributed by atoms with Crippen molar-refractivity contribution >= 4 is 53.1 Å². The normalized spacial score (nSPS) is 18.1. The molecular formula is C17H27Cl2IN4O. The molecule has 0 bridgehead atoms. The van der Waals surface area contributed by atoms with Gasteiger partial charge in [-0.1, -0.05) is 29.3 Å². The molecule has 25 heavy (non-hydrogen) atoms. The summed E-state index contributed by atoms with van der Waals surface area (Å²) in [6.07, 6.45) is 2.44. The molecule has 1 fully saturated rings. The maximum atomic E-state index is 6.20. The lowest BCUT2D eigenvalue weighted by Crippen LogP contribution is -2.45. The van der Waals surface area contributed by atoms with Crippen LogP contribution in [-0.4, -0.2) is 57.3 Å². The number of rotatable bonds is 7. The molecule has 2 rings (SSSR count). The average Bonchev–Trinajstić information content (AvgIpc) is 3.02. The monoisotopic (exact) mass is 500 g/mol. The predicted molar refractivity (Wildman–Crippen MR) is 117 cm³/mol. The Kier molecular flexibility index (Phi) is 11.1. The van der Waals surface area contributed by atoms with Crippen molar-refractivity contribution < 1.29 is 4.74 Å². The summed E-state index contributed by atoms with van der Waals surface area (Å²) < 4.78 is 5.19. The Hall–Kier alpha value is -0.280. The molecule has 5 nitrogen and oxygen atoms in total. The van der Waals surface area contributed by atoms with Gasteiger partial charge in [0, 0.05) is 49.9 Å². The van der Waals surface area contributed by atoms with Crippen molar-refractivity contribution in [1.29, 1.82) is 0 Å². The number of ether oxygens (including phenoxy) is 1. The average molecular weight is 501 g/mol. The number of aliphatic imine (C=N–C) groups is 1. The van der Waals surface area contributed by atoms with Crippen LogP contribution in [-0.2, 0) is 11.3 Å². The van der Waals surface area contributed by atoms with Crippen LogP contribution in [0.4, 0.5) is 0 Å². The second kappa shape index (κ2) is 12.2. The van der Waals surface area contributed by atoms with Gasteiger partial charge < -0.3 is 15.4 Å². The third-order valence-corrected chi connectivity index (χ3v) is 4.86. The molecule has 1 saturated heterocycles. The first-order chi connectivity index (χ1) is 11.6. The fourth-order valence-corrected chi connectivity index (χ4v) is 3.38. The van der Waals surface area contributed by atoms with Crippen LogP contribution in [0.25, 0.3) is 0 Å². The zero-order valence-electron chi connectivity index (χ0n) is 14.7. The number of benzene rings is 1. The maximum Gasteiger partial charge on any atom is 0.191 e. The van der Waals surface area contributed by atoms with Gasteiger partial charge in [-0.3, -0.25) is 9.89 Å². The SMILES string of the molecule is CN=C(NCc1ccc(Cl)cc1Cl)NCC1CCCN1CCOC.I. The second-order valence-electron chi connectivity index (χ2n) is 5.87. The summed E-state index contributed by atoms with van der Waals surface area (Å²) >= 11 is 12.1. The standard InChI is InChI=1S/C17H26Cl2N4O.HI/c1-20-17(21-11-13-5-6-14(18)10-16(13)19)22-12-15-4-3-7-23(15)8-9-24-2;/h5-6,10,15H,3-4,7-9,11-12H2,1-2H3,(H2,20,21,22);1H. The van der Waals surface area contributed by atoms with Crippen molar-refractivity contribution in [3.05, 3.63) is 33.8 Å². The number of hydrogen-bond donors (Lipinski definition) is 2. The molecule has 8 heteroatoms. The van der Waals surface area contributed by atoms with Gasteiger partial charge in [-0.05, 0) is 37.1 Å². The van der Waals surface area contributed by atoms with Gasteiger partial charge in [0.05, 0.1) is 6.61 Å². The molecule has 0 amide bonds. The predicted octanol–water partition coefficient (Wildman–Crippen LogP) is 3.39. The van der Waals surface area contributed by atoms with Gasteiger partial charge in [0.1, 0.15) is 0 Å². The van der Waals surface area contributed by atoms with Crippen molar-refractivity contribution in [1.82, 2.24) is 15.5 Å². The molecule has 142 valence electrons. The van der Waals surface area contributed by atoms with Crippen LogP contribution in [0.2, 0.25) is 10.0 Å². The Balaban J connectivity index is 0.00000312. The van der Waals surface area contributed by atoms with Gasteiger partial charge in [-0.25, -0.2) is 0 Å². The number of halogens is 3. The summed E-state index contributed by atoms with van der Waals surface area (Å²) in [5.74, 6) is 0.777. The number of nitrogens with zero attached hydrogens (tertiary/aromatic N) is 2. The Morgan fingerprint density at radius 2 is 2.16 bits per heavy atom. The largest absolute Gasteiger partial charge is 0.383 e. The van der Waals surface area contributed by atoms with Gasteiger partial charge in [0.15, 0.2) is 5.96 Å². The van der Waals surface area contributed by atoms with E-state index >= 15 is 0 Å². The molecule has 1 heterocycles. The summed E-state index contributed by atoms with van der Waals surface area (Å²) in [5.41, 5.74) is 0.992. The molecule has 1 aromatic rings. The van der Waals surface area contributed by atoms with Crippen LogP contribution in [0.15, 0.2) is 23.2 Å². The fraction of sp³-hybridized carbons (Fsp3) is 0.588. The third-order valence-electron chi connectivity index (χ3n) is 4.27. The summed E-state index contributed by atoms with van der Waals surface area (Å²) in [7, 11) is 3.52. The molecule has 0 aromatic heterocycles. The topological polar surface area (TPSA) is 48.9 Å². The van der Waals surface area contributed by atoms with Gasteiger partial charge in [-0.2, -0.15) is 0 Å². The molecule has 0 radical (unpaired) electrons. The third kappa shape index (κ3) is 7.46. The van der Waals surface area contributed by atoms with E-state index in [0.29, 0.717) is 22.6 Å². The molecule has 0 spiro atoms. The lowest BCUT2D eigenvalue weighted by Gasteiger charge is -2.25. The fourth-order valence-electron chi connectivity index (χ4n) is 2.91. The van der Waals surface area contributed by atoms with Crippen LogP contribution < -0.4 is 10.6 Å². The Labute approximate surface area is 177 Å². The highest BCUT2D eigenvalue weighted by molar-refractivity contribution is 14.0. The van der Waals surface area contributed by atoms with E-state index in [2.05, 4.69) is 20.5 Å². The molecule has 0 aliphatic carbocycles. The van der Waals surface area contributed by atoms with Crippen LogP contribution in [0.3, 0.4) is 0 Å². The van der Waals surface area contributed by atoms with Gasteiger partial charge >= 0.3 is 0 Å². The number of likely N-dealkylation sites (tertiary alicyclic amines) is 1. The Morgan fingerprint density at radius 3 is 2.84 bits per heavy atom. The van der Waals surface area contributed by atoms with Crippen LogP contribution >= 0.6 is 47.2 Å². The molecule has 1 aliphatic rings. The number of guanidine groups is 1. The van der Waals surface area contributed by atoms with Crippen LogP contribution in [0, 0.1) is 0 Å². The van der Waals surface area contributed by atoms with E-state index in [9.17, 15) is 0 Å². The highest BCUT2D eigenvalue weighted by Crippen LogP contribution is 2.20. The molecule has 1 atom stereocenters.